The molecule has 0 saturated carbocycles. The molecule has 0 rings (SSSR count). The molecule has 12 heavy (non-hydrogen) atoms. The third-order valence-electron chi connectivity index (χ3n) is 1.99. The zero-order chi connectivity index (χ0) is 9.56. The fraction of sp³-hybridized carbons (Fsp3) is 0.333. The summed E-state index contributed by atoms with van der Waals surface area (Å²) < 4.78 is 0. The Labute approximate surface area is 76.0 Å². The quantitative estimate of drug-likeness (QED) is 0.549. The van der Waals surface area contributed by atoms with Gasteiger partial charge >= 0.3 is 0 Å². The van der Waals surface area contributed by atoms with Crippen molar-refractivity contribution in [2.75, 3.05) is 0 Å². The van der Waals surface area contributed by atoms with Crippen molar-refractivity contribution in [3.05, 3.63) is 47.6 Å². The Morgan fingerprint density at radius 1 is 1.17 bits per heavy atom. The Balaban J connectivity index is 4.89. The molecular weight excluding hydrogens is 144 g/mol. The van der Waals surface area contributed by atoms with Crippen LogP contribution in [0, 0.1) is 0 Å². The van der Waals surface area contributed by atoms with Gasteiger partial charge in [0.05, 0.1) is 0 Å². The fourth-order valence-electron chi connectivity index (χ4n) is 0.998. The van der Waals surface area contributed by atoms with Crippen LogP contribution in [-0.4, -0.2) is 0 Å². The van der Waals surface area contributed by atoms with Gasteiger partial charge in [-0.1, -0.05) is 30.9 Å². The van der Waals surface area contributed by atoms with E-state index < -0.39 is 0 Å². The molecule has 0 aromatic rings. The first kappa shape index (κ1) is 11.0. The summed E-state index contributed by atoms with van der Waals surface area (Å²) in [6.07, 6.45) is 8.17. The van der Waals surface area contributed by atoms with E-state index in [9.17, 15) is 0 Å². The minimum absolute atomic E-state index is 1.24. The lowest BCUT2D eigenvalue weighted by molar-refractivity contribution is 1.31. The fourth-order valence-corrected chi connectivity index (χ4v) is 0.998. The second-order valence-corrected chi connectivity index (χ2v) is 2.76. The Bertz CT molecular complexity index is 237. The number of rotatable bonds is 3. The average Bonchev–Trinajstić information content (AvgIpc) is 2.11. The molecule has 0 saturated heterocycles. The molecule has 0 heterocycles. The highest BCUT2D eigenvalue weighted by molar-refractivity contribution is 5.43. The smallest absolute Gasteiger partial charge is 0.0271 e. The number of hydrogen-bond donors (Lipinski definition) is 0. The second-order valence-electron chi connectivity index (χ2n) is 2.76. The molecule has 0 spiro atoms. The lowest BCUT2D eigenvalue weighted by Crippen LogP contribution is -1.84. The molecule has 0 amide bonds. The van der Waals surface area contributed by atoms with E-state index in [1.807, 2.05) is 13.0 Å². The van der Waals surface area contributed by atoms with Gasteiger partial charge in [-0.15, -0.1) is 0 Å². The van der Waals surface area contributed by atoms with E-state index in [0.29, 0.717) is 0 Å². The molecule has 0 bridgehead atoms. The molecule has 0 aromatic carbocycles. The van der Waals surface area contributed by atoms with E-state index in [2.05, 4.69) is 45.6 Å². The van der Waals surface area contributed by atoms with Crippen LogP contribution < -0.4 is 0 Å². The van der Waals surface area contributed by atoms with Gasteiger partial charge in [-0.3, -0.25) is 0 Å². The Morgan fingerprint density at radius 2 is 1.75 bits per heavy atom. The molecule has 0 N–H and O–H groups in total. The molecule has 0 unspecified atom stereocenters. The number of hydrogen-bond acceptors (Lipinski definition) is 0. The van der Waals surface area contributed by atoms with Crippen LogP contribution in [0.3, 0.4) is 0 Å². The minimum Gasteiger partial charge on any atom is -0.0988 e. The standard InChI is InChI=1S/C12H18/c1-6-9-12(8-3)11(5)10(4)7-2/h6-9H,2H2,1,3-5H3/b9-6-,11-10-,12-8-. The Hall–Kier alpha value is -1.04. The van der Waals surface area contributed by atoms with E-state index in [1.165, 1.54) is 16.7 Å². The number of allylic oxidation sites excluding steroid dienone is 7. The predicted molar refractivity (Wildman–Crippen MR) is 57.1 cm³/mol. The topological polar surface area (TPSA) is 0 Å². The molecular formula is C12H18. The van der Waals surface area contributed by atoms with Crippen LogP contribution in [0.5, 0.6) is 0 Å². The lowest BCUT2D eigenvalue weighted by atomic mass is 10.0. The van der Waals surface area contributed by atoms with Crippen LogP contribution in [-0.2, 0) is 0 Å². The summed E-state index contributed by atoms with van der Waals surface area (Å²) in [6.45, 7) is 12.0. The van der Waals surface area contributed by atoms with E-state index in [0.717, 1.165) is 0 Å². The first-order valence-corrected chi connectivity index (χ1v) is 4.26. The summed E-state index contributed by atoms with van der Waals surface area (Å²) in [5.74, 6) is 0. The Morgan fingerprint density at radius 3 is 2.08 bits per heavy atom. The van der Waals surface area contributed by atoms with Crippen LogP contribution in [0.1, 0.15) is 27.7 Å². The molecule has 0 aromatic heterocycles. The van der Waals surface area contributed by atoms with Gasteiger partial charge in [0.15, 0.2) is 0 Å². The highest BCUT2D eigenvalue weighted by Crippen LogP contribution is 2.15. The third kappa shape index (κ3) is 2.91. The highest BCUT2D eigenvalue weighted by atomic mass is 14.0. The molecule has 0 radical (unpaired) electrons. The van der Waals surface area contributed by atoms with Crippen molar-refractivity contribution in [1.29, 1.82) is 0 Å². The van der Waals surface area contributed by atoms with E-state index in [4.69, 9.17) is 0 Å². The van der Waals surface area contributed by atoms with Crippen molar-refractivity contribution in [2.45, 2.75) is 27.7 Å². The summed E-state index contributed by atoms with van der Waals surface area (Å²) in [7, 11) is 0. The first-order valence-electron chi connectivity index (χ1n) is 4.26. The van der Waals surface area contributed by atoms with Crippen LogP contribution >= 0.6 is 0 Å². The summed E-state index contributed by atoms with van der Waals surface area (Å²) in [5.41, 5.74) is 3.81. The molecule has 0 nitrogen and oxygen atoms in total. The van der Waals surface area contributed by atoms with Gasteiger partial charge in [-0.2, -0.15) is 0 Å². The maximum Gasteiger partial charge on any atom is -0.0271 e. The summed E-state index contributed by atoms with van der Waals surface area (Å²) in [4.78, 5) is 0. The summed E-state index contributed by atoms with van der Waals surface area (Å²) in [6, 6.07) is 0. The molecule has 0 fully saturated rings. The third-order valence-corrected chi connectivity index (χ3v) is 1.99. The predicted octanol–water partition coefficient (Wildman–Crippen LogP) is 4.03. The lowest BCUT2D eigenvalue weighted by Gasteiger charge is -2.04. The largest absolute Gasteiger partial charge is 0.0988 e. The van der Waals surface area contributed by atoms with Gasteiger partial charge in [-0.25, -0.2) is 0 Å². The van der Waals surface area contributed by atoms with Crippen LogP contribution in [0.2, 0.25) is 0 Å². The Kier molecular flexibility index (Phi) is 5.11. The second kappa shape index (κ2) is 5.59. The van der Waals surface area contributed by atoms with Crippen LogP contribution in [0.15, 0.2) is 47.6 Å². The van der Waals surface area contributed by atoms with Crippen molar-refractivity contribution < 1.29 is 0 Å². The monoisotopic (exact) mass is 162 g/mol. The molecule has 0 heteroatoms. The van der Waals surface area contributed by atoms with Crippen molar-refractivity contribution in [1.82, 2.24) is 0 Å². The average molecular weight is 162 g/mol. The van der Waals surface area contributed by atoms with Crippen molar-refractivity contribution in [3.8, 4) is 0 Å². The molecule has 0 aliphatic rings. The van der Waals surface area contributed by atoms with E-state index in [-0.39, 0.29) is 0 Å². The van der Waals surface area contributed by atoms with Crippen molar-refractivity contribution in [2.24, 2.45) is 0 Å². The summed E-state index contributed by atoms with van der Waals surface area (Å²) >= 11 is 0. The molecule has 66 valence electrons. The zero-order valence-corrected chi connectivity index (χ0v) is 8.52. The normalized spacial score (nSPS) is 14.8. The van der Waals surface area contributed by atoms with E-state index in [1.54, 1.807) is 0 Å². The summed E-state index contributed by atoms with van der Waals surface area (Å²) in [5, 5.41) is 0. The van der Waals surface area contributed by atoms with Gasteiger partial charge in [0.1, 0.15) is 0 Å². The SMILES string of the molecule is C=C\C(C)=C(C)/C(/C=C\C)=C\C. The van der Waals surface area contributed by atoms with Crippen LogP contribution in [0.25, 0.3) is 0 Å². The van der Waals surface area contributed by atoms with Gasteiger partial charge in [0.2, 0.25) is 0 Å². The molecule has 0 aliphatic carbocycles. The van der Waals surface area contributed by atoms with Crippen molar-refractivity contribution >= 4 is 0 Å². The van der Waals surface area contributed by atoms with Gasteiger partial charge < -0.3 is 0 Å². The van der Waals surface area contributed by atoms with Crippen molar-refractivity contribution in [3.63, 3.8) is 0 Å². The first-order chi connectivity index (χ1) is 5.67. The molecule has 0 atom stereocenters. The minimum atomic E-state index is 1.24. The maximum atomic E-state index is 3.75. The van der Waals surface area contributed by atoms with Gasteiger partial charge in [0, 0.05) is 0 Å². The maximum absolute atomic E-state index is 3.75. The highest BCUT2D eigenvalue weighted by Gasteiger charge is 1.95. The van der Waals surface area contributed by atoms with Gasteiger partial charge in [-0.05, 0) is 44.4 Å². The van der Waals surface area contributed by atoms with Gasteiger partial charge in [0.25, 0.3) is 0 Å². The zero-order valence-electron chi connectivity index (χ0n) is 8.52. The van der Waals surface area contributed by atoms with E-state index >= 15 is 0 Å². The van der Waals surface area contributed by atoms with Crippen LogP contribution in [0.4, 0.5) is 0 Å². The molecule has 0 aliphatic heterocycles.